The van der Waals surface area contributed by atoms with Crippen molar-refractivity contribution in [2.45, 2.75) is 45.3 Å². The van der Waals surface area contributed by atoms with Crippen LogP contribution in [-0.2, 0) is 14.3 Å². The van der Waals surface area contributed by atoms with Crippen molar-refractivity contribution in [1.82, 2.24) is 4.90 Å². The highest BCUT2D eigenvalue weighted by atomic mass is 16.6. The Morgan fingerprint density at radius 3 is 2.47 bits per heavy atom. The molecule has 1 aliphatic rings. The SMILES string of the molecule is CC(C)(C)OC(=O)C1CC(=O)CCN1C(=O)O. The second-order valence-corrected chi connectivity index (χ2v) is 5.02. The Bertz CT molecular complexity index is 344. The highest BCUT2D eigenvalue weighted by Crippen LogP contribution is 2.18. The number of ketones is 1. The van der Waals surface area contributed by atoms with Crippen molar-refractivity contribution in [2.24, 2.45) is 0 Å². The molecule has 6 heteroatoms. The fourth-order valence-electron chi connectivity index (χ4n) is 1.64. The number of hydrogen-bond acceptors (Lipinski definition) is 4. The lowest BCUT2D eigenvalue weighted by Crippen LogP contribution is -2.51. The minimum absolute atomic E-state index is 0.0536. The number of rotatable bonds is 1. The molecule has 0 aliphatic carbocycles. The summed E-state index contributed by atoms with van der Waals surface area (Å²) in [6, 6.07) is -1.01. The Morgan fingerprint density at radius 1 is 1.41 bits per heavy atom. The number of piperidine rings is 1. The maximum absolute atomic E-state index is 11.8. The lowest BCUT2D eigenvalue weighted by atomic mass is 10.0. The van der Waals surface area contributed by atoms with Crippen LogP contribution >= 0.6 is 0 Å². The number of Topliss-reactive ketones (excluding diaryl/α,β-unsaturated/α-hetero) is 1. The molecule has 1 heterocycles. The predicted molar refractivity (Wildman–Crippen MR) is 58.6 cm³/mol. The number of esters is 1. The van der Waals surface area contributed by atoms with Gasteiger partial charge in [0.15, 0.2) is 0 Å². The van der Waals surface area contributed by atoms with E-state index < -0.39 is 23.7 Å². The van der Waals surface area contributed by atoms with Crippen LogP contribution in [0.4, 0.5) is 4.79 Å². The van der Waals surface area contributed by atoms with E-state index in [1.54, 1.807) is 20.8 Å². The van der Waals surface area contributed by atoms with Crippen LogP contribution in [0.5, 0.6) is 0 Å². The molecule has 1 unspecified atom stereocenters. The summed E-state index contributed by atoms with van der Waals surface area (Å²) < 4.78 is 5.11. The molecule has 17 heavy (non-hydrogen) atoms. The molecule has 1 amide bonds. The average molecular weight is 243 g/mol. The van der Waals surface area contributed by atoms with E-state index in [0.29, 0.717) is 0 Å². The molecule has 6 nitrogen and oxygen atoms in total. The number of hydrogen-bond donors (Lipinski definition) is 1. The number of carbonyl (C=O) groups excluding carboxylic acids is 2. The summed E-state index contributed by atoms with van der Waals surface area (Å²) in [6.07, 6.45) is -1.14. The summed E-state index contributed by atoms with van der Waals surface area (Å²) in [5.41, 5.74) is -0.693. The molecule has 0 bridgehead atoms. The van der Waals surface area contributed by atoms with Crippen LogP contribution in [0.15, 0.2) is 0 Å². The van der Waals surface area contributed by atoms with Gasteiger partial charge in [0.25, 0.3) is 0 Å². The van der Waals surface area contributed by atoms with Crippen molar-refractivity contribution in [3.8, 4) is 0 Å². The third-order valence-corrected chi connectivity index (χ3v) is 2.35. The van der Waals surface area contributed by atoms with Crippen molar-refractivity contribution in [3.63, 3.8) is 0 Å². The van der Waals surface area contributed by atoms with Gasteiger partial charge in [-0.25, -0.2) is 9.59 Å². The molecule has 0 aromatic rings. The first kappa shape index (κ1) is 13.5. The smallest absolute Gasteiger partial charge is 0.408 e. The maximum atomic E-state index is 11.8. The molecule has 1 saturated heterocycles. The normalized spacial score (nSPS) is 21.2. The van der Waals surface area contributed by atoms with Gasteiger partial charge in [0, 0.05) is 19.4 Å². The third kappa shape index (κ3) is 3.72. The molecule has 1 fully saturated rings. The summed E-state index contributed by atoms with van der Waals surface area (Å²) in [5.74, 6) is -0.772. The van der Waals surface area contributed by atoms with Crippen molar-refractivity contribution in [3.05, 3.63) is 0 Å². The predicted octanol–water partition coefficient (Wildman–Crippen LogP) is 1.04. The zero-order valence-electron chi connectivity index (χ0n) is 10.2. The number of ether oxygens (including phenoxy) is 1. The van der Waals surface area contributed by atoms with Gasteiger partial charge in [0.05, 0.1) is 0 Å². The molecule has 0 aromatic carbocycles. The van der Waals surface area contributed by atoms with Gasteiger partial charge >= 0.3 is 12.1 Å². The van der Waals surface area contributed by atoms with Crippen molar-refractivity contribution >= 4 is 17.8 Å². The second-order valence-electron chi connectivity index (χ2n) is 5.02. The summed E-state index contributed by atoms with van der Waals surface area (Å²) in [4.78, 5) is 35.0. The lowest BCUT2D eigenvalue weighted by molar-refractivity contribution is -0.163. The number of carboxylic acid groups (broad SMARTS) is 1. The maximum Gasteiger partial charge on any atom is 0.408 e. The van der Waals surface area contributed by atoms with E-state index in [2.05, 4.69) is 0 Å². The van der Waals surface area contributed by atoms with Crippen LogP contribution in [0, 0.1) is 0 Å². The van der Waals surface area contributed by atoms with E-state index in [0.717, 1.165) is 4.90 Å². The van der Waals surface area contributed by atoms with Gasteiger partial charge in [-0.1, -0.05) is 0 Å². The Labute approximate surface area is 99.5 Å². The van der Waals surface area contributed by atoms with Crippen LogP contribution in [0.2, 0.25) is 0 Å². The molecule has 0 saturated carbocycles. The van der Waals surface area contributed by atoms with E-state index in [-0.39, 0.29) is 25.2 Å². The molecule has 1 rings (SSSR count). The summed E-state index contributed by atoms with van der Waals surface area (Å²) in [5, 5.41) is 8.95. The molecular formula is C11H17NO5. The minimum Gasteiger partial charge on any atom is -0.465 e. The molecule has 1 aliphatic heterocycles. The average Bonchev–Trinajstić information content (AvgIpc) is 2.14. The van der Waals surface area contributed by atoms with E-state index in [9.17, 15) is 14.4 Å². The van der Waals surface area contributed by atoms with Gasteiger partial charge in [0.1, 0.15) is 17.4 Å². The minimum atomic E-state index is -1.20. The number of likely N-dealkylation sites (tertiary alicyclic amines) is 1. The summed E-state index contributed by atoms with van der Waals surface area (Å²) in [6.45, 7) is 5.14. The fraction of sp³-hybridized carbons (Fsp3) is 0.727. The Balaban J connectivity index is 2.79. The Morgan fingerprint density at radius 2 is 2.00 bits per heavy atom. The highest BCUT2D eigenvalue weighted by molar-refractivity contribution is 5.90. The first-order valence-corrected chi connectivity index (χ1v) is 5.45. The molecule has 96 valence electrons. The standard InChI is InChI=1S/C11H17NO5/c1-11(2,3)17-9(14)8-6-7(13)4-5-12(8)10(15)16/h8H,4-6H2,1-3H3,(H,15,16). The zero-order valence-corrected chi connectivity index (χ0v) is 10.2. The van der Waals surface area contributed by atoms with Gasteiger partial charge in [-0.05, 0) is 20.8 Å². The van der Waals surface area contributed by atoms with Gasteiger partial charge in [-0.2, -0.15) is 0 Å². The lowest BCUT2D eigenvalue weighted by Gasteiger charge is -2.33. The first-order valence-electron chi connectivity index (χ1n) is 5.45. The topological polar surface area (TPSA) is 83.9 Å². The largest absolute Gasteiger partial charge is 0.465 e. The summed E-state index contributed by atoms with van der Waals surface area (Å²) >= 11 is 0. The number of amides is 1. The number of nitrogens with zero attached hydrogens (tertiary/aromatic N) is 1. The second kappa shape index (κ2) is 4.73. The van der Waals surface area contributed by atoms with Gasteiger partial charge < -0.3 is 9.84 Å². The highest BCUT2D eigenvalue weighted by Gasteiger charge is 2.38. The first-order chi connectivity index (χ1) is 7.70. The van der Waals surface area contributed by atoms with E-state index >= 15 is 0 Å². The van der Waals surface area contributed by atoms with Crippen molar-refractivity contribution < 1.29 is 24.2 Å². The quantitative estimate of drug-likeness (QED) is 0.695. The Kier molecular flexibility index (Phi) is 3.75. The van der Waals surface area contributed by atoms with Crippen LogP contribution in [0.25, 0.3) is 0 Å². The number of carbonyl (C=O) groups is 3. The van der Waals surface area contributed by atoms with Gasteiger partial charge in [0.2, 0.25) is 0 Å². The summed E-state index contributed by atoms with van der Waals surface area (Å²) in [7, 11) is 0. The molecule has 0 aromatic heterocycles. The molecule has 0 spiro atoms. The van der Waals surface area contributed by atoms with Gasteiger partial charge in [-0.15, -0.1) is 0 Å². The van der Waals surface area contributed by atoms with Gasteiger partial charge in [-0.3, -0.25) is 9.69 Å². The van der Waals surface area contributed by atoms with Crippen LogP contribution < -0.4 is 0 Å². The van der Waals surface area contributed by atoms with Crippen LogP contribution in [-0.4, -0.2) is 46.0 Å². The monoisotopic (exact) mass is 243 g/mol. The zero-order chi connectivity index (χ0) is 13.2. The molecular weight excluding hydrogens is 226 g/mol. The van der Waals surface area contributed by atoms with Crippen LogP contribution in [0.3, 0.4) is 0 Å². The van der Waals surface area contributed by atoms with E-state index in [1.807, 2.05) is 0 Å². The van der Waals surface area contributed by atoms with E-state index in [1.165, 1.54) is 0 Å². The van der Waals surface area contributed by atoms with Crippen LogP contribution in [0.1, 0.15) is 33.6 Å². The van der Waals surface area contributed by atoms with Crippen molar-refractivity contribution in [1.29, 1.82) is 0 Å². The molecule has 1 N–H and O–H groups in total. The third-order valence-electron chi connectivity index (χ3n) is 2.35. The Hall–Kier alpha value is -1.59. The molecule has 1 atom stereocenters. The molecule has 0 radical (unpaired) electrons. The van der Waals surface area contributed by atoms with Crippen molar-refractivity contribution in [2.75, 3.05) is 6.54 Å². The fourth-order valence-corrected chi connectivity index (χ4v) is 1.64. The van der Waals surface area contributed by atoms with E-state index in [4.69, 9.17) is 9.84 Å².